The third-order valence-corrected chi connectivity index (χ3v) is 5.98. The van der Waals surface area contributed by atoms with E-state index < -0.39 is 17.6 Å². The lowest BCUT2D eigenvalue weighted by Crippen LogP contribution is -2.43. The molecule has 3 aromatic carbocycles. The Morgan fingerprint density at radius 1 is 1.00 bits per heavy atom. The zero-order valence-electron chi connectivity index (χ0n) is 20.1. The zero-order chi connectivity index (χ0) is 27.0. The Kier molecular flexibility index (Phi) is 8.10. The smallest absolute Gasteiger partial charge is 0.336 e. The largest absolute Gasteiger partial charge is 0.494 e. The molecule has 4 rings (SSSR count). The van der Waals surface area contributed by atoms with Crippen molar-refractivity contribution in [2.45, 2.75) is 24.5 Å². The van der Waals surface area contributed by atoms with E-state index >= 15 is 0 Å². The maximum Gasteiger partial charge on any atom is 0.336 e. The second-order valence-electron chi connectivity index (χ2n) is 8.34. The normalized spacial score (nSPS) is 17.9. The molecule has 12 heteroatoms. The van der Waals surface area contributed by atoms with Crippen LogP contribution in [-0.2, 0) is 16.0 Å². The molecule has 0 aliphatic carbocycles. The van der Waals surface area contributed by atoms with Crippen LogP contribution in [0.4, 0.5) is 11.4 Å². The van der Waals surface area contributed by atoms with Crippen LogP contribution >= 0.6 is 0 Å². The Morgan fingerprint density at radius 2 is 1.66 bits per heavy atom. The molecular weight excluding hydrogens is 490 g/mol. The highest BCUT2D eigenvalue weighted by Gasteiger charge is 2.54. The summed E-state index contributed by atoms with van der Waals surface area (Å²) >= 11 is 0. The molecule has 1 heterocycles. The van der Waals surface area contributed by atoms with Crippen molar-refractivity contribution in [1.29, 1.82) is 0 Å². The summed E-state index contributed by atoms with van der Waals surface area (Å²) in [4.78, 5) is 23.3. The van der Waals surface area contributed by atoms with E-state index in [-0.39, 0.29) is 30.3 Å². The first-order chi connectivity index (χ1) is 18.5. The van der Waals surface area contributed by atoms with E-state index in [0.717, 1.165) is 0 Å². The second-order valence-corrected chi connectivity index (χ2v) is 8.34. The zero-order valence-corrected chi connectivity index (χ0v) is 20.1. The predicted octanol–water partition coefficient (Wildman–Crippen LogP) is 5.92. The molecule has 0 saturated carbocycles. The highest BCUT2D eigenvalue weighted by molar-refractivity contribution is 6.00. The van der Waals surface area contributed by atoms with Gasteiger partial charge in [0.15, 0.2) is 6.10 Å². The van der Waals surface area contributed by atoms with Crippen LogP contribution in [0.25, 0.3) is 20.9 Å². The average Bonchev–Trinajstić information content (AvgIpc) is 3.31. The first-order valence-corrected chi connectivity index (χ1v) is 11.6. The number of hydrogen-bond donors (Lipinski definition) is 2. The lowest BCUT2D eigenvalue weighted by molar-refractivity contribution is -0.146. The average molecular weight is 514 g/mol. The van der Waals surface area contributed by atoms with E-state index in [1.807, 2.05) is 0 Å². The fourth-order valence-electron chi connectivity index (χ4n) is 4.19. The Labute approximate surface area is 217 Å². The number of ether oxygens (including phenoxy) is 2. The monoisotopic (exact) mass is 513 g/mol. The summed E-state index contributed by atoms with van der Waals surface area (Å²) in [6.45, 7) is 0.361. The maximum atomic E-state index is 13.0. The summed E-state index contributed by atoms with van der Waals surface area (Å²) in [7, 11) is 0. The minimum atomic E-state index is -1.88. The summed E-state index contributed by atoms with van der Waals surface area (Å²) in [6, 6.07) is 20.0. The fraction of sp³-hybridized carbons (Fsp3) is 0.231. The number of aliphatic imine (C=N–C) groups is 1. The Hall–Kier alpha value is -5.02. The molecule has 3 aromatic rings. The van der Waals surface area contributed by atoms with Crippen LogP contribution in [0.15, 0.2) is 88.0 Å². The lowest BCUT2D eigenvalue weighted by Gasteiger charge is -2.29. The molecule has 0 aromatic heterocycles. The van der Waals surface area contributed by atoms with E-state index in [1.54, 1.807) is 72.8 Å². The number of aliphatic hydroxyl groups is 1. The van der Waals surface area contributed by atoms with Gasteiger partial charge in [-0.15, -0.1) is 0 Å². The van der Waals surface area contributed by atoms with Crippen molar-refractivity contribution in [2.24, 2.45) is 15.2 Å². The predicted molar refractivity (Wildman–Crippen MR) is 139 cm³/mol. The molecule has 12 nitrogen and oxygen atoms in total. The summed E-state index contributed by atoms with van der Waals surface area (Å²) in [5.74, 6) is -0.622. The van der Waals surface area contributed by atoms with Gasteiger partial charge in [0.1, 0.15) is 5.75 Å². The number of carboxylic acid groups (broad SMARTS) is 1. The van der Waals surface area contributed by atoms with Gasteiger partial charge in [-0.25, -0.2) is 9.79 Å². The highest BCUT2D eigenvalue weighted by Crippen LogP contribution is 2.46. The number of aliphatic carboxylic acids is 1. The standard InChI is InChI=1S/C26H23N7O5/c27-32-30-21-8-3-1-6-18(21)16-26(25(35)36)23(20-7-2-4-9-22(20)31-33-28)38-24(29-26)17-10-12-19(13-11-17)37-15-5-14-34/h1-4,6-13,23,34H,5,14-16H2,(H,35,36)/t23-,26-/m0/s1. The van der Waals surface area contributed by atoms with Crippen LogP contribution in [0.2, 0.25) is 0 Å². The van der Waals surface area contributed by atoms with Crippen molar-refractivity contribution in [3.63, 3.8) is 0 Å². The summed E-state index contributed by atoms with van der Waals surface area (Å²) < 4.78 is 11.8. The molecule has 0 amide bonds. The van der Waals surface area contributed by atoms with Crippen molar-refractivity contribution in [2.75, 3.05) is 13.2 Å². The van der Waals surface area contributed by atoms with Crippen molar-refractivity contribution in [3.8, 4) is 5.75 Å². The summed E-state index contributed by atoms with van der Waals surface area (Å²) in [5, 5.41) is 27.0. The molecular formula is C26H23N7O5. The Bertz CT molecular complexity index is 1450. The van der Waals surface area contributed by atoms with Gasteiger partial charge < -0.3 is 19.7 Å². The molecule has 0 fully saturated rings. The molecule has 0 unspecified atom stereocenters. The minimum absolute atomic E-state index is 0.0154. The number of benzene rings is 3. The number of aliphatic hydroxyl groups excluding tert-OH is 1. The molecule has 2 atom stereocenters. The fourth-order valence-corrected chi connectivity index (χ4v) is 4.19. The molecule has 0 spiro atoms. The van der Waals surface area contributed by atoms with Crippen LogP contribution in [0.3, 0.4) is 0 Å². The van der Waals surface area contributed by atoms with E-state index in [9.17, 15) is 9.90 Å². The van der Waals surface area contributed by atoms with Gasteiger partial charge in [-0.05, 0) is 40.9 Å². The van der Waals surface area contributed by atoms with Crippen LogP contribution < -0.4 is 4.74 Å². The van der Waals surface area contributed by atoms with Gasteiger partial charge >= 0.3 is 5.97 Å². The Balaban J connectivity index is 1.82. The van der Waals surface area contributed by atoms with Gasteiger partial charge in [-0.3, -0.25) is 0 Å². The third-order valence-electron chi connectivity index (χ3n) is 5.98. The maximum absolute atomic E-state index is 13.0. The molecule has 0 saturated heterocycles. The Morgan fingerprint density at radius 3 is 2.34 bits per heavy atom. The van der Waals surface area contributed by atoms with E-state index in [2.05, 4.69) is 25.0 Å². The van der Waals surface area contributed by atoms with E-state index in [0.29, 0.717) is 35.5 Å². The highest BCUT2D eigenvalue weighted by atomic mass is 16.5. The van der Waals surface area contributed by atoms with Crippen molar-refractivity contribution < 1.29 is 24.5 Å². The van der Waals surface area contributed by atoms with Crippen molar-refractivity contribution in [3.05, 3.63) is 110 Å². The first-order valence-electron chi connectivity index (χ1n) is 11.6. The van der Waals surface area contributed by atoms with Gasteiger partial charge in [0.25, 0.3) is 0 Å². The molecule has 38 heavy (non-hydrogen) atoms. The molecule has 192 valence electrons. The van der Waals surface area contributed by atoms with Crippen LogP contribution in [-0.4, -0.2) is 40.8 Å². The van der Waals surface area contributed by atoms with Gasteiger partial charge in [0.2, 0.25) is 11.4 Å². The molecule has 1 aliphatic rings. The minimum Gasteiger partial charge on any atom is -0.494 e. The second kappa shape index (κ2) is 11.8. The molecule has 0 radical (unpaired) electrons. The lowest BCUT2D eigenvalue weighted by atomic mass is 9.82. The molecule has 2 N–H and O–H groups in total. The number of hydrogen-bond acceptors (Lipinski definition) is 7. The SMILES string of the molecule is [N-]=[N+]=Nc1ccccc1C[C@]1(C(=O)O)N=C(c2ccc(OCCCO)cc2)O[C@H]1c1ccccc1N=[N+]=[N-]. The van der Waals surface area contributed by atoms with Crippen molar-refractivity contribution >= 4 is 23.2 Å². The van der Waals surface area contributed by atoms with Gasteiger partial charge in [0.05, 0.1) is 6.61 Å². The van der Waals surface area contributed by atoms with Crippen molar-refractivity contribution in [1.82, 2.24) is 0 Å². The number of carboxylic acids is 1. The number of azide groups is 2. The third kappa shape index (κ3) is 5.37. The quantitative estimate of drug-likeness (QED) is 0.139. The van der Waals surface area contributed by atoms with Crippen LogP contribution in [0.5, 0.6) is 5.75 Å². The number of rotatable bonds is 11. The van der Waals surface area contributed by atoms with Gasteiger partial charge in [-0.1, -0.05) is 58.8 Å². The van der Waals surface area contributed by atoms with E-state index in [1.165, 1.54) is 0 Å². The van der Waals surface area contributed by atoms with Crippen LogP contribution in [0.1, 0.15) is 29.2 Å². The van der Waals surface area contributed by atoms with Gasteiger partial charge in [0, 0.05) is 51.8 Å². The summed E-state index contributed by atoms with van der Waals surface area (Å²) in [5.41, 5.74) is 18.0. The van der Waals surface area contributed by atoms with E-state index in [4.69, 9.17) is 25.6 Å². The number of nitrogens with zero attached hydrogens (tertiary/aromatic N) is 7. The van der Waals surface area contributed by atoms with Gasteiger partial charge in [-0.2, -0.15) is 0 Å². The molecule has 0 bridgehead atoms. The number of carbonyl (C=O) groups is 1. The molecule has 1 aliphatic heterocycles. The van der Waals surface area contributed by atoms with Crippen LogP contribution in [0, 0.1) is 0 Å². The summed E-state index contributed by atoms with van der Waals surface area (Å²) in [6.07, 6.45) is -0.850. The first kappa shape index (κ1) is 26.1. The topological polar surface area (TPSA) is 186 Å².